The summed E-state index contributed by atoms with van der Waals surface area (Å²) in [6.07, 6.45) is 0.536. The molecule has 0 N–H and O–H groups in total. The van der Waals surface area contributed by atoms with Crippen LogP contribution in [-0.4, -0.2) is 30.4 Å². The molecule has 0 aliphatic rings. The van der Waals surface area contributed by atoms with Crippen LogP contribution in [0.4, 0.5) is 4.39 Å². The number of nitrogens with zero attached hydrogens (tertiary/aromatic N) is 2. The van der Waals surface area contributed by atoms with Crippen LogP contribution < -0.4 is 15.7 Å². The minimum absolute atomic E-state index is 0.0759. The van der Waals surface area contributed by atoms with Crippen molar-refractivity contribution in [2.75, 3.05) is 20.8 Å². The molecule has 7 nitrogen and oxygen atoms in total. The van der Waals surface area contributed by atoms with Crippen LogP contribution in [-0.2, 0) is 11.3 Å². The minimum atomic E-state index is -0.512. The Balaban J connectivity index is 2.03. The molecule has 2 heterocycles. The van der Waals surface area contributed by atoms with E-state index in [2.05, 4.69) is 4.98 Å². The van der Waals surface area contributed by atoms with Crippen LogP contribution >= 0.6 is 0 Å². The van der Waals surface area contributed by atoms with Gasteiger partial charge in [0.25, 0.3) is 5.56 Å². The van der Waals surface area contributed by atoms with E-state index in [0.717, 1.165) is 0 Å². The summed E-state index contributed by atoms with van der Waals surface area (Å²) in [5.41, 5.74) is -0.255. The highest BCUT2D eigenvalue weighted by atomic mass is 19.1. The second kappa shape index (κ2) is 8.08. The van der Waals surface area contributed by atoms with Gasteiger partial charge in [-0.25, -0.2) is 4.39 Å². The van der Waals surface area contributed by atoms with Gasteiger partial charge in [0, 0.05) is 31.9 Å². The van der Waals surface area contributed by atoms with E-state index < -0.39 is 16.8 Å². The molecule has 4 rings (SSSR count). The van der Waals surface area contributed by atoms with E-state index in [1.165, 1.54) is 35.9 Å². The summed E-state index contributed by atoms with van der Waals surface area (Å²) in [6, 6.07) is 10.4. The van der Waals surface area contributed by atoms with Crippen molar-refractivity contribution in [1.82, 2.24) is 9.55 Å². The molecule has 0 bridgehead atoms. The highest BCUT2D eigenvalue weighted by molar-refractivity contribution is 5.89. The van der Waals surface area contributed by atoms with E-state index in [-0.39, 0.29) is 34.4 Å². The van der Waals surface area contributed by atoms with Gasteiger partial charge in [-0.05, 0) is 42.8 Å². The topological polar surface area (TPSA) is 83.6 Å². The maximum Gasteiger partial charge on any atom is 0.269 e. The maximum absolute atomic E-state index is 13.4. The van der Waals surface area contributed by atoms with Gasteiger partial charge in [-0.1, -0.05) is 0 Å². The van der Waals surface area contributed by atoms with Crippen LogP contribution in [0.1, 0.15) is 6.42 Å². The van der Waals surface area contributed by atoms with E-state index in [4.69, 9.17) is 13.9 Å². The Morgan fingerprint density at radius 3 is 2.57 bits per heavy atom. The number of ether oxygens (including phenoxy) is 2. The van der Waals surface area contributed by atoms with Crippen LogP contribution in [0.3, 0.4) is 0 Å². The lowest BCUT2D eigenvalue weighted by molar-refractivity contribution is 0.190. The van der Waals surface area contributed by atoms with E-state index in [0.29, 0.717) is 24.3 Å². The Bertz CT molecular complexity index is 1340. The molecule has 0 fully saturated rings. The average Bonchev–Trinajstić information content (AvgIpc) is 2.75. The lowest BCUT2D eigenvalue weighted by Gasteiger charge is -2.13. The number of halogens is 1. The quantitative estimate of drug-likeness (QED) is 0.358. The molecule has 0 aliphatic carbocycles. The van der Waals surface area contributed by atoms with E-state index in [1.807, 2.05) is 0 Å². The largest absolute Gasteiger partial charge is 0.497 e. The molecule has 0 saturated carbocycles. The molecule has 0 spiro atoms. The Hall–Kier alpha value is -3.52. The summed E-state index contributed by atoms with van der Waals surface area (Å²) in [6.45, 7) is 0.710. The van der Waals surface area contributed by atoms with Gasteiger partial charge in [0.2, 0.25) is 11.1 Å². The zero-order chi connectivity index (χ0) is 21.3. The molecular weight excluding hydrogens is 391 g/mol. The van der Waals surface area contributed by atoms with Gasteiger partial charge in [-0.3, -0.25) is 14.2 Å². The fourth-order valence-electron chi connectivity index (χ4n) is 3.34. The highest BCUT2D eigenvalue weighted by Crippen LogP contribution is 2.23. The van der Waals surface area contributed by atoms with Gasteiger partial charge >= 0.3 is 0 Å². The van der Waals surface area contributed by atoms with Crippen molar-refractivity contribution >= 4 is 22.1 Å². The third-order valence-electron chi connectivity index (χ3n) is 4.84. The monoisotopic (exact) mass is 410 g/mol. The summed E-state index contributed by atoms with van der Waals surface area (Å²) in [7, 11) is 3.07. The van der Waals surface area contributed by atoms with Crippen LogP contribution in [0.2, 0.25) is 0 Å². The minimum Gasteiger partial charge on any atom is -0.497 e. The highest BCUT2D eigenvalue weighted by Gasteiger charge is 2.19. The zero-order valence-electron chi connectivity index (χ0n) is 16.5. The molecule has 2 aromatic carbocycles. The van der Waals surface area contributed by atoms with Crippen molar-refractivity contribution in [1.29, 1.82) is 0 Å². The van der Waals surface area contributed by atoms with E-state index in [1.54, 1.807) is 25.3 Å². The first kappa shape index (κ1) is 19.8. The lowest BCUT2D eigenvalue weighted by Crippen LogP contribution is -2.28. The first-order valence-corrected chi connectivity index (χ1v) is 9.33. The SMILES string of the molecule is COCCCn1c(-c2ccc(F)cc2)nc2oc3cc(OC)ccc3c(=O)c2c1=O. The summed E-state index contributed by atoms with van der Waals surface area (Å²) in [4.78, 5) is 30.8. The fourth-order valence-corrected chi connectivity index (χ4v) is 3.34. The lowest BCUT2D eigenvalue weighted by atomic mass is 10.1. The predicted molar refractivity (Wildman–Crippen MR) is 110 cm³/mol. The number of fused-ring (bicyclic) bond motifs is 2. The predicted octanol–water partition coefficient (Wildman–Crippen LogP) is 3.35. The summed E-state index contributed by atoms with van der Waals surface area (Å²) < 4.78 is 30.9. The van der Waals surface area contributed by atoms with Gasteiger partial charge in [0.1, 0.15) is 23.0 Å². The van der Waals surface area contributed by atoms with Gasteiger partial charge < -0.3 is 13.9 Å². The molecule has 8 heteroatoms. The van der Waals surface area contributed by atoms with Crippen molar-refractivity contribution in [3.8, 4) is 17.1 Å². The smallest absolute Gasteiger partial charge is 0.269 e. The Kier molecular flexibility index (Phi) is 5.33. The van der Waals surface area contributed by atoms with Crippen LogP contribution in [0.5, 0.6) is 5.75 Å². The van der Waals surface area contributed by atoms with Crippen LogP contribution in [0, 0.1) is 5.82 Å². The number of hydrogen-bond acceptors (Lipinski definition) is 6. The third kappa shape index (κ3) is 3.46. The molecule has 2 aromatic heterocycles. The van der Waals surface area contributed by atoms with E-state index in [9.17, 15) is 14.0 Å². The fraction of sp³-hybridized carbons (Fsp3) is 0.227. The van der Waals surface area contributed by atoms with Crippen LogP contribution in [0.15, 0.2) is 56.5 Å². The van der Waals surface area contributed by atoms with E-state index >= 15 is 0 Å². The Labute approximate surface area is 170 Å². The number of rotatable bonds is 6. The van der Waals surface area contributed by atoms with Gasteiger partial charge in [0.05, 0.1) is 12.5 Å². The number of benzene rings is 2. The Morgan fingerprint density at radius 2 is 1.87 bits per heavy atom. The first-order chi connectivity index (χ1) is 14.5. The zero-order valence-corrected chi connectivity index (χ0v) is 16.5. The molecular formula is C22H19FN2O5. The molecule has 0 unspecified atom stereocenters. The summed E-state index contributed by atoms with van der Waals surface area (Å²) in [5, 5.41) is 0.135. The second-order valence-electron chi connectivity index (χ2n) is 6.72. The summed E-state index contributed by atoms with van der Waals surface area (Å²) in [5.74, 6) is 0.392. The molecule has 0 aliphatic heterocycles. The Morgan fingerprint density at radius 1 is 1.10 bits per heavy atom. The molecule has 0 saturated heterocycles. The summed E-state index contributed by atoms with van der Waals surface area (Å²) >= 11 is 0. The molecule has 0 amide bonds. The average molecular weight is 410 g/mol. The van der Waals surface area contributed by atoms with Gasteiger partial charge in [-0.15, -0.1) is 0 Å². The van der Waals surface area contributed by atoms with Crippen LogP contribution in [0.25, 0.3) is 33.5 Å². The van der Waals surface area contributed by atoms with Crippen molar-refractivity contribution in [3.63, 3.8) is 0 Å². The van der Waals surface area contributed by atoms with Crippen molar-refractivity contribution < 1.29 is 18.3 Å². The molecule has 30 heavy (non-hydrogen) atoms. The maximum atomic E-state index is 13.4. The number of aromatic nitrogens is 2. The molecule has 154 valence electrons. The van der Waals surface area contributed by atoms with Crippen molar-refractivity contribution in [2.45, 2.75) is 13.0 Å². The molecule has 0 atom stereocenters. The normalized spacial score (nSPS) is 11.3. The van der Waals surface area contributed by atoms with Gasteiger partial charge in [-0.2, -0.15) is 4.98 Å². The van der Waals surface area contributed by atoms with Crippen molar-refractivity contribution in [3.05, 3.63) is 68.9 Å². The third-order valence-corrected chi connectivity index (χ3v) is 4.84. The molecule has 0 radical (unpaired) electrons. The molecule has 4 aromatic rings. The standard InChI is InChI=1S/C22H19FN2O5/c1-28-11-3-10-25-20(13-4-6-14(23)7-5-13)24-21-18(22(25)27)19(26)16-9-8-15(29-2)12-17(16)30-21/h4-9,12H,3,10-11H2,1-2H3. The number of methoxy groups -OCH3 is 2. The van der Waals surface area contributed by atoms with Crippen molar-refractivity contribution in [2.24, 2.45) is 0 Å². The number of hydrogen-bond donors (Lipinski definition) is 0. The second-order valence-corrected chi connectivity index (χ2v) is 6.72. The first-order valence-electron chi connectivity index (χ1n) is 9.33. The van der Waals surface area contributed by atoms with Gasteiger partial charge in [0.15, 0.2) is 5.39 Å².